The van der Waals surface area contributed by atoms with Crippen molar-refractivity contribution in [1.82, 2.24) is 19.7 Å². The monoisotopic (exact) mass is 436 g/mol. The van der Waals surface area contributed by atoms with Crippen LogP contribution in [0, 0.1) is 6.92 Å². The molecule has 0 aliphatic carbocycles. The minimum atomic E-state index is 0.130. The van der Waals surface area contributed by atoms with Gasteiger partial charge in [0, 0.05) is 18.7 Å². The Kier molecular flexibility index (Phi) is 6.61. The van der Waals surface area contributed by atoms with E-state index in [2.05, 4.69) is 52.9 Å². The number of carbonyl (C=O) groups excluding carboxylic acids is 1. The third kappa shape index (κ3) is 4.61. The Morgan fingerprint density at radius 1 is 1.19 bits per heavy atom. The second-order valence-electron chi connectivity index (χ2n) is 7.73. The summed E-state index contributed by atoms with van der Waals surface area (Å²) < 4.78 is 7.34. The summed E-state index contributed by atoms with van der Waals surface area (Å²) >= 11 is 1.47. The molecule has 1 amide bonds. The van der Waals surface area contributed by atoms with E-state index in [1.807, 2.05) is 29.2 Å². The van der Waals surface area contributed by atoms with Crippen molar-refractivity contribution >= 4 is 17.7 Å². The molecule has 1 atom stereocenters. The Hall–Kier alpha value is -2.80. The van der Waals surface area contributed by atoms with Crippen LogP contribution in [0.2, 0.25) is 0 Å². The van der Waals surface area contributed by atoms with Gasteiger partial charge in [-0.25, -0.2) is 0 Å². The molecule has 2 heterocycles. The average Bonchev–Trinajstić information content (AvgIpc) is 3.44. The molecule has 6 nitrogen and oxygen atoms in total. The molecule has 1 unspecified atom stereocenters. The lowest BCUT2D eigenvalue weighted by atomic mass is 10.0. The van der Waals surface area contributed by atoms with Gasteiger partial charge in [0.25, 0.3) is 0 Å². The molecular weight excluding hydrogens is 408 g/mol. The Morgan fingerprint density at radius 3 is 2.71 bits per heavy atom. The molecule has 0 saturated carbocycles. The minimum Gasteiger partial charge on any atom is -0.497 e. The molecule has 0 bridgehead atoms. The number of carbonyl (C=O) groups is 1. The van der Waals surface area contributed by atoms with Gasteiger partial charge in [-0.15, -0.1) is 10.2 Å². The van der Waals surface area contributed by atoms with Gasteiger partial charge in [0.05, 0.1) is 18.9 Å². The van der Waals surface area contributed by atoms with Crippen molar-refractivity contribution in [2.75, 3.05) is 19.4 Å². The molecule has 1 aliphatic rings. The van der Waals surface area contributed by atoms with Crippen LogP contribution < -0.4 is 4.74 Å². The highest BCUT2D eigenvalue weighted by Crippen LogP contribution is 2.34. The van der Waals surface area contributed by atoms with Crippen molar-refractivity contribution in [2.24, 2.45) is 0 Å². The number of likely N-dealkylation sites (tertiary alicyclic amines) is 1. The molecule has 4 rings (SSSR count). The quantitative estimate of drug-likeness (QED) is 0.501. The van der Waals surface area contributed by atoms with Crippen LogP contribution in [0.1, 0.15) is 36.9 Å². The molecule has 3 aromatic rings. The normalized spacial score (nSPS) is 16.0. The topological polar surface area (TPSA) is 60.2 Å². The van der Waals surface area contributed by atoms with Crippen LogP contribution in [0.15, 0.2) is 53.7 Å². The van der Waals surface area contributed by atoms with Crippen molar-refractivity contribution in [3.8, 4) is 17.1 Å². The fraction of sp³-hybridized carbons (Fsp3) is 0.375. The molecule has 0 N–H and O–H groups in total. The van der Waals surface area contributed by atoms with E-state index in [0.29, 0.717) is 5.75 Å². The number of benzene rings is 2. The molecule has 31 heavy (non-hydrogen) atoms. The van der Waals surface area contributed by atoms with E-state index < -0.39 is 0 Å². The lowest BCUT2D eigenvalue weighted by molar-refractivity contribution is -0.129. The Bertz CT molecular complexity index is 1050. The second kappa shape index (κ2) is 9.56. The number of aryl methyl sites for hydroxylation is 1. The van der Waals surface area contributed by atoms with Gasteiger partial charge in [-0.05, 0) is 50.5 Å². The van der Waals surface area contributed by atoms with Crippen molar-refractivity contribution < 1.29 is 9.53 Å². The SMILES string of the molecule is CCn1c(SCC(=O)N2CCCC2c2ccc(OC)cc2)nnc1-c1cccc(C)c1. The van der Waals surface area contributed by atoms with Gasteiger partial charge in [0.1, 0.15) is 5.75 Å². The number of methoxy groups -OCH3 is 1. The standard InChI is InChI=1S/C24H28N4O2S/c1-4-27-23(19-8-5-7-17(2)15-19)25-26-24(27)31-16-22(29)28-14-6-9-21(28)18-10-12-20(30-3)13-11-18/h5,7-8,10-13,15,21H,4,6,9,14,16H2,1-3H3. The smallest absolute Gasteiger partial charge is 0.233 e. The maximum absolute atomic E-state index is 13.1. The number of nitrogens with zero attached hydrogens (tertiary/aromatic N) is 4. The first-order valence-corrected chi connectivity index (χ1v) is 11.7. The summed E-state index contributed by atoms with van der Waals surface area (Å²) in [6, 6.07) is 16.4. The van der Waals surface area contributed by atoms with Crippen LogP contribution in [0.4, 0.5) is 0 Å². The van der Waals surface area contributed by atoms with Gasteiger partial charge in [-0.3, -0.25) is 4.79 Å². The van der Waals surface area contributed by atoms with Crippen molar-refractivity contribution in [1.29, 1.82) is 0 Å². The van der Waals surface area contributed by atoms with E-state index in [1.54, 1.807) is 7.11 Å². The maximum Gasteiger partial charge on any atom is 0.233 e. The van der Waals surface area contributed by atoms with E-state index in [1.165, 1.54) is 17.3 Å². The van der Waals surface area contributed by atoms with Crippen LogP contribution in [0.25, 0.3) is 11.4 Å². The minimum absolute atomic E-state index is 0.130. The predicted molar refractivity (Wildman–Crippen MR) is 123 cm³/mol. The van der Waals surface area contributed by atoms with E-state index in [4.69, 9.17) is 4.74 Å². The van der Waals surface area contributed by atoms with Crippen LogP contribution in [0.5, 0.6) is 5.75 Å². The first kappa shape index (κ1) is 21.4. The highest BCUT2D eigenvalue weighted by Gasteiger charge is 2.30. The number of hydrogen-bond donors (Lipinski definition) is 0. The zero-order chi connectivity index (χ0) is 21.8. The summed E-state index contributed by atoms with van der Waals surface area (Å²) in [6.07, 6.45) is 2.02. The van der Waals surface area contributed by atoms with Gasteiger partial charge in [0.15, 0.2) is 11.0 Å². The van der Waals surface area contributed by atoms with E-state index >= 15 is 0 Å². The summed E-state index contributed by atoms with van der Waals surface area (Å²) in [7, 11) is 1.66. The van der Waals surface area contributed by atoms with E-state index in [0.717, 1.165) is 53.8 Å². The van der Waals surface area contributed by atoms with Crippen LogP contribution in [-0.4, -0.2) is 45.0 Å². The fourth-order valence-corrected chi connectivity index (χ4v) is 5.01. The zero-order valence-electron chi connectivity index (χ0n) is 18.2. The number of rotatable bonds is 7. The van der Waals surface area contributed by atoms with Crippen molar-refractivity contribution in [3.63, 3.8) is 0 Å². The molecule has 1 aromatic heterocycles. The molecule has 1 aliphatic heterocycles. The van der Waals surface area contributed by atoms with Gasteiger partial charge >= 0.3 is 0 Å². The Labute approximate surface area is 187 Å². The number of ether oxygens (including phenoxy) is 1. The Morgan fingerprint density at radius 2 is 2.00 bits per heavy atom. The lowest BCUT2D eigenvalue weighted by Crippen LogP contribution is -2.32. The van der Waals surface area contributed by atoms with Crippen LogP contribution in [0.3, 0.4) is 0 Å². The highest BCUT2D eigenvalue weighted by molar-refractivity contribution is 7.99. The van der Waals surface area contributed by atoms with Crippen LogP contribution in [-0.2, 0) is 11.3 Å². The van der Waals surface area contributed by atoms with Gasteiger partial charge in [-0.1, -0.05) is 47.7 Å². The molecular formula is C24H28N4O2S. The summed E-state index contributed by atoms with van der Waals surface area (Å²) in [5.41, 5.74) is 3.40. The van der Waals surface area contributed by atoms with Crippen molar-refractivity contribution in [3.05, 3.63) is 59.7 Å². The molecule has 2 aromatic carbocycles. The first-order valence-electron chi connectivity index (χ1n) is 10.7. The number of thioether (sulfide) groups is 1. The zero-order valence-corrected chi connectivity index (χ0v) is 19.1. The molecule has 0 radical (unpaired) electrons. The first-order chi connectivity index (χ1) is 15.1. The molecule has 7 heteroatoms. The van der Waals surface area contributed by atoms with Crippen molar-refractivity contribution in [2.45, 2.75) is 44.4 Å². The third-order valence-corrected chi connectivity index (χ3v) is 6.66. The van der Waals surface area contributed by atoms with Gasteiger partial charge < -0.3 is 14.2 Å². The highest BCUT2D eigenvalue weighted by atomic mass is 32.2. The average molecular weight is 437 g/mol. The second-order valence-corrected chi connectivity index (χ2v) is 8.67. The number of hydrogen-bond acceptors (Lipinski definition) is 5. The summed E-state index contributed by atoms with van der Waals surface area (Å²) in [5.74, 6) is 2.18. The Balaban J connectivity index is 1.45. The molecule has 0 spiro atoms. The van der Waals surface area contributed by atoms with Gasteiger partial charge in [-0.2, -0.15) is 0 Å². The summed E-state index contributed by atoms with van der Waals surface area (Å²) in [6.45, 7) is 5.70. The lowest BCUT2D eigenvalue weighted by Gasteiger charge is -2.25. The number of aromatic nitrogens is 3. The largest absolute Gasteiger partial charge is 0.497 e. The molecule has 162 valence electrons. The molecule has 1 saturated heterocycles. The summed E-state index contributed by atoms with van der Waals surface area (Å²) in [5, 5.41) is 9.57. The number of amides is 1. The van der Waals surface area contributed by atoms with Crippen LogP contribution >= 0.6 is 11.8 Å². The molecule has 1 fully saturated rings. The van der Waals surface area contributed by atoms with E-state index in [9.17, 15) is 4.79 Å². The summed E-state index contributed by atoms with van der Waals surface area (Å²) in [4.78, 5) is 15.1. The van der Waals surface area contributed by atoms with Gasteiger partial charge in [0.2, 0.25) is 5.91 Å². The maximum atomic E-state index is 13.1. The predicted octanol–water partition coefficient (Wildman–Crippen LogP) is 4.74. The van der Waals surface area contributed by atoms with E-state index in [-0.39, 0.29) is 11.9 Å². The fourth-order valence-electron chi connectivity index (χ4n) is 4.13. The third-order valence-electron chi connectivity index (χ3n) is 5.71.